The first-order valence-electron chi connectivity index (χ1n) is 6.85. The van der Waals surface area contributed by atoms with E-state index in [-0.39, 0.29) is 6.54 Å². The molecule has 0 saturated heterocycles. The third-order valence-electron chi connectivity index (χ3n) is 3.69. The van der Waals surface area contributed by atoms with Crippen molar-refractivity contribution in [2.45, 2.75) is 32.6 Å². The summed E-state index contributed by atoms with van der Waals surface area (Å²) in [4.78, 5) is 11.0. The number of rotatable bonds is 8. The normalized spacial score (nSPS) is 14.0. The first kappa shape index (κ1) is 17.3. The van der Waals surface area contributed by atoms with E-state index in [0.717, 1.165) is 24.8 Å². The molecule has 3 nitrogen and oxygen atoms in total. The minimum Gasteiger partial charge on any atom is -0.481 e. The van der Waals surface area contributed by atoms with E-state index in [1.54, 1.807) is 0 Å². The Labute approximate surface area is 130 Å². The van der Waals surface area contributed by atoms with Gasteiger partial charge in [0.2, 0.25) is 0 Å². The molecule has 0 radical (unpaired) electrons. The van der Waals surface area contributed by atoms with Crippen molar-refractivity contribution in [1.82, 2.24) is 0 Å². The van der Waals surface area contributed by atoms with Crippen LogP contribution in [0.1, 0.15) is 31.7 Å². The minimum atomic E-state index is -0.818. The zero-order valence-corrected chi connectivity index (χ0v) is 13.1. The van der Waals surface area contributed by atoms with Gasteiger partial charge in [-0.25, -0.2) is 0 Å². The second-order valence-electron chi connectivity index (χ2n) is 5.02. The number of halogens is 2. The predicted octanol–water partition coefficient (Wildman–Crippen LogP) is 4.00. The summed E-state index contributed by atoms with van der Waals surface area (Å²) < 4.78 is 0. The van der Waals surface area contributed by atoms with E-state index < -0.39 is 11.9 Å². The van der Waals surface area contributed by atoms with Gasteiger partial charge in [-0.2, -0.15) is 0 Å². The van der Waals surface area contributed by atoms with Crippen molar-refractivity contribution < 1.29 is 9.90 Å². The molecule has 0 heterocycles. The number of carbonyl (C=O) groups is 1. The standard InChI is InChI=1S/C15H21Cl2NO2/c1-2-10(8-11(9-18)15(19)20)6-7-12-13(16)4-3-5-14(12)17/h3-5,10-11H,2,6-9,18H2,1H3,(H,19,20). The molecule has 20 heavy (non-hydrogen) atoms. The van der Waals surface area contributed by atoms with Crippen molar-refractivity contribution in [3.63, 3.8) is 0 Å². The maximum atomic E-state index is 11.0. The molecule has 112 valence electrons. The van der Waals surface area contributed by atoms with Crippen LogP contribution >= 0.6 is 23.2 Å². The Balaban J connectivity index is 2.63. The molecule has 5 heteroatoms. The van der Waals surface area contributed by atoms with Crippen molar-refractivity contribution in [3.05, 3.63) is 33.8 Å². The van der Waals surface area contributed by atoms with Crippen LogP contribution in [0.3, 0.4) is 0 Å². The lowest BCUT2D eigenvalue weighted by Gasteiger charge is -2.19. The fourth-order valence-electron chi connectivity index (χ4n) is 2.31. The lowest BCUT2D eigenvalue weighted by molar-refractivity contribution is -0.142. The molecule has 1 aromatic carbocycles. The summed E-state index contributed by atoms with van der Waals surface area (Å²) in [6.07, 6.45) is 3.15. The Morgan fingerprint density at radius 3 is 2.40 bits per heavy atom. The molecule has 0 amide bonds. The maximum Gasteiger partial charge on any atom is 0.307 e. The third kappa shape index (κ3) is 4.97. The summed E-state index contributed by atoms with van der Waals surface area (Å²) >= 11 is 12.3. The van der Waals surface area contributed by atoms with Gasteiger partial charge in [0.1, 0.15) is 0 Å². The predicted molar refractivity (Wildman–Crippen MR) is 83.4 cm³/mol. The van der Waals surface area contributed by atoms with E-state index in [1.807, 2.05) is 18.2 Å². The molecule has 1 aromatic rings. The molecular weight excluding hydrogens is 297 g/mol. The Hall–Kier alpha value is -0.770. The van der Waals surface area contributed by atoms with Gasteiger partial charge in [-0.15, -0.1) is 0 Å². The lowest BCUT2D eigenvalue weighted by Crippen LogP contribution is -2.26. The highest BCUT2D eigenvalue weighted by atomic mass is 35.5. The van der Waals surface area contributed by atoms with Gasteiger partial charge >= 0.3 is 5.97 Å². The number of carboxylic acid groups (broad SMARTS) is 1. The number of hydrogen-bond acceptors (Lipinski definition) is 2. The van der Waals surface area contributed by atoms with E-state index in [9.17, 15) is 4.79 Å². The van der Waals surface area contributed by atoms with Crippen molar-refractivity contribution >= 4 is 29.2 Å². The maximum absolute atomic E-state index is 11.0. The zero-order valence-electron chi connectivity index (χ0n) is 11.6. The van der Waals surface area contributed by atoms with Crippen LogP contribution in [0.5, 0.6) is 0 Å². The Morgan fingerprint density at radius 2 is 1.95 bits per heavy atom. The molecule has 0 aromatic heterocycles. The topological polar surface area (TPSA) is 63.3 Å². The average molecular weight is 318 g/mol. The van der Waals surface area contributed by atoms with Crippen LogP contribution in [-0.4, -0.2) is 17.6 Å². The van der Waals surface area contributed by atoms with E-state index >= 15 is 0 Å². The average Bonchev–Trinajstić information content (AvgIpc) is 2.41. The molecule has 3 N–H and O–H groups in total. The SMILES string of the molecule is CCC(CCc1c(Cl)cccc1Cl)CC(CN)C(=O)O. The van der Waals surface area contributed by atoms with Gasteiger partial charge in [0, 0.05) is 16.6 Å². The molecule has 2 atom stereocenters. The number of hydrogen-bond donors (Lipinski definition) is 2. The van der Waals surface area contributed by atoms with Crippen molar-refractivity contribution in [2.75, 3.05) is 6.54 Å². The van der Waals surface area contributed by atoms with Crippen LogP contribution in [0.15, 0.2) is 18.2 Å². The van der Waals surface area contributed by atoms with E-state index in [4.69, 9.17) is 34.0 Å². The molecule has 2 unspecified atom stereocenters. The zero-order chi connectivity index (χ0) is 15.1. The van der Waals surface area contributed by atoms with Crippen LogP contribution in [0, 0.1) is 11.8 Å². The van der Waals surface area contributed by atoms with Gasteiger partial charge in [-0.1, -0.05) is 42.6 Å². The van der Waals surface area contributed by atoms with Crippen LogP contribution in [0.25, 0.3) is 0 Å². The molecule has 0 bridgehead atoms. The summed E-state index contributed by atoms with van der Waals surface area (Å²) in [7, 11) is 0. The van der Waals surface area contributed by atoms with Crippen LogP contribution in [0.2, 0.25) is 10.0 Å². The number of nitrogens with two attached hydrogens (primary N) is 1. The van der Waals surface area contributed by atoms with Crippen molar-refractivity contribution in [1.29, 1.82) is 0 Å². The fourth-order valence-corrected chi connectivity index (χ4v) is 2.89. The second-order valence-corrected chi connectivity index (χ2v) is 5.83. The summed E-state index contributed by atoms with van der Waals surface area (Å²) in [6, 6.07) is 5.47. The van der Waals surface area contributed by atoms with Gasteiger partial charge in [0.25, 0.3) is 0 Å². The van der Waals surface area contributed by atoms with Crippen molar-refractivity contribution in [2.24, 2.45) is 17.6 Å². The smallest absolute Gasteiger partial charge is 0.307 e. The summed E-state index contributed by atoms with van der Waals surface area (Å²) in [5, 5.41) is 10.4. The largest absolute Gasteiger partial charge is 0.481 e. The van der Waals surface area contributed by atoms with Crippen LogP contribution in [-0.2, 0) is 11.2 Å². The molecular formula is C15H21Cl2NO2. The lowest BCUT2D eigenvalue weighted by atomic mass is 9.88. The first-order chi connectivity index (χ1) is 9.49. The minimum absolute atomic E-state index is 0.179. The third-order valence-corrected chi connectivity index (χ3v) is 4.40. The fraction of sp³-hybridized carbons (Fsp3) is 0.533. The summed E-state index contributed by atoms with van der Waals surface area (Å²) in [5.41, 5.74) is 6.45. The Kier molecular flexibility index (Phi) is 7.35. The second kappa shape index (κ2) is 8.50. The highest BCUT2D eigenvalue weighted by molar-refractivity contribution is 6.35. The van der Waals surface area contributed by atoms with Crippen LogP contribution < -0.4 is 5.73 Å². The highest BCUT2D eigenvalue weighted by Crippen LogP contribution is 2.28. The first-order valence-corrected chi connectivity index (χ1v) is 7.60. The van der Waals surface area contributed by atoms with Crippen molar-refractivity contribution in [3.8, 4) is 0 Å². The molecule has 0 spiro atoms. The van der Waals surface area contributed by atoms with Gasteiger partial charge < -0.3 is 10.8 Å². The van der Waals surface area contributed by atoms with E-state index in [0.29, 0.717) is 22.4 Å². The summed E-state index contributed by atoms with van der Waals surface area (Å²) in [5.74, 6) is -0.976. The van der Waals surface area contributed by atoms with Gasteiger partial charge in [-0.05, 0) is 42.9 Å². The monoisotopic (exact) mass is 317 g/mol. The van der Waals surface area contributed by atoms with E-state index in [2.05, 4.69) is 6.92 Å². The molecule has 0 aliphatic rings. The van der Waals surface area contributed by atoms with Gasteiger partial charge in [0.05, 0.1) is 5.92 Å². The number of aliphatic carboxylic acids is 1. The number of carboxylic acids is 1. The highest BCUT2D eigenvalue weighted by Gasteiger charge is 2.20. The summed E-state index contributed by atoms with van der Waals surface area (Å²) in [6.45, 7) is 2.24. The molecule has 0 saturated carbocycles. The quantitative estimate of drug-likeness (QED) is 0.761. The Morgan fingerprint density at radius 1 is 1.35 bits per heavy atom. The number of benzene rings is 1. The molecule has 0 fully saturated rings. The van der Waals surface area contributed by atoms with Gasteiger partial charge in [-0.3, -0.25) is 4.79 Å². The molecule has 1 rings (SSSR count). The van der Waals surface area contributed by atoms with E-state index in [1.165, 1.54) is 0 Å². The molecule has 0 aliphatic carbocycles. The van der Waals surface area contributed by atoms with Gasteiger partial charge in [0.15, 0.2) is 0 Å². The molecule has 0 aliphatic heterocycles. The van der Waals surface area contributed by atoms with Crippen LogP contribution in [0.4, 0.5) is 0 Å². The Bertz CT molecular complexity index is 431.